The topological polar surface area (TPSA) is 67.2 Å². The minimum Gasteiger partial charge on any atom is -0.366 e. The van der Waals surface area contributed by atoms with Gasteiger partial charge in [0, 0.05) is 19.2 Å². The van der Waals surface area contributed by atoms with Crippen molar-refractivity contribution in [3.05, 3.63) is 33.3 Å². The van der Waals surface area contributed by atoms with E-state index in [-0.39, 0.29) is 5.69 Å². The van der Waals surface area contributed by atoms with Gasteiger partial charge in [0.1, 0.15) is 0 Å². The lowest BCUT2D eigenvalue weighted by atomic mass is 10.3. The van der Waals surface area contributed by atoms with Crippen LogP contribution in [0.4, 0.5) is 11.4 Å². The van der Waals surface area contributed by atoms with Crippen LogP contribution in [0.2, 0.25) is 5.02 Å². The molecule has 0 aliphatic rings. The summed E-state index contributed by atoms with van der Waals surface area (Å²) in [5.41, 5.74) is 0.367. The second-order valence-corrected chi connectivity index (χ2v) is 3.44. The van der Waals surface area contributed by atoms with Gasteiger partial charge in [0.05, 0.1) is 15.6 Å². The van der Waals surface area contributed by atoms with Crippen molar-refractivity contribution >= 4 is 40.3 Å². The summed E-state index contributed by atoms with van der Waals surface area (Å²) in [6.07, 6.45) is 0. The van der Waals surface area contributed by atoms with Gasteiger partial charge < -0.3 is 10.6 Å². The number of nitro groups is 1. The van der Waals surface area contributed by atoms with E-state index in [9.17, 15) is 10.1 Å². The van der Waals surface area contributed by atoms with E-state index < -0.39 is 4.92 Å². The number of nitrogens with one attached hydrogen (secondary N) is 2. The number of nitrogens with zero attached hydrogens (tertiary/aromatic N) is 1. The molecule has 0 atom stereocenters. The second kappa shape index (κ2) is 4.90. The molecule has 1 aromatic rings. The summed E-state index contributed by atoms with van der Waals surface area (Å²) < 4.78 is 0. The molecule has 0 saturated carbocycles. The number of thiocarbonyl (C=S) groups is 1. The van der Waals surface area contributed by atoms with Gasteiger partial charge in [0.15, 0.2) is 5.11 Å². The fraction of sp³-hybridized carbons (Fsp3) is 0.125. The maximum Gasteiger partial charge on any atom is 0.271 e. The highest BCUT2D eigenvalue weighted by Crippen LogP contribution is 2.26. The molecule has 0 aliphatic heterocycles. The Hall–Kier alpha value is -1.40. The maximum atomic E-state index is 10.5. The molecule has 0 spiro atoms. The Balaban J connectivity index is 3.00. The molecule has 1 aromatic carbocycles. The first-order valence-corrected chi connectivity index (χ1v) is 4.76. The van der Waals surface area contributed by atoms with Gasteiger partial charge in [-0.05, 0) is 18.3 Å². The Morgan fingerprint density at radius 3 is 2.80 bits per heavy atom. The molecular formula is C8H8ClN3O2S. The third-order valence-corrected chi connectivity index (χ3v) is 2.27. The summed E-state index contributed by atoms with van der Waals surface area (Å²) in [5.74, 6) is 0. The Morgan fingerprint density at radius 2 is 2.27 bits per heavy atom. The van der Waals surface area contributed by atoms with Crippen molar-refractivity contribution in [2.45, 2.75) is 0 Å². The molecule has 15 heavy (non-hydrogen) atoms. The highest BCUT2D eigenvalue weighted by molar-refractivity contribution is 7.80. The van der Waals surface area contributed by atoms with Crippen LogP contribution in [0.25, 0.3) is 0 Å². The molecule has 7 heteroatoms. The number of nitro benzene ring substituents is 1. The molecule has 0 saturated heterocycles. The van der Waals surface area contributed by atoms with Crippen molar-refractivity contribution in [1.29, 1.82) is 0 Å². The van der Waals surface area contributed by atoms with Crippen LogP contribution in [-0.4, -0.2) is 17.1 Å². The SMILES string of the molecule is CNC(=S)Nc1cc([N+](=O)[O-])ccc1Cl. The highest BCUT2D eigenvalue weighted by Gasteiger charge is 2.09. The Bertz CT molecular complexity index is 411. The Labute approximate surface area is 96.6 Å². The van der Waals surface area contributed by atoms with Gasteiger partial charge in [-0.3, -0.25) is 10.1 Å². The van der Waals surface area contributed by atoms with Gasteiger partial charge in [0.2, 0.25) is 0 Å². The number of anilines is 1. The van der Waals surface area contributed by atoms with Crippen LogP contribution in [0.5, 0.6) is 0 Å². The molecule has 1 rings (SSSR count). The van der Waals surface area contributed by atoms with Crippen molar-refractivity contribution in [2.75, 3.05) is 12.4 Å². The number of hydrogen-bond donors (Lipinski definition) is 2. The fourth-order valence-corrected chi connectivity index (χ4v) is 1.18. The van der Waals surface area contributed by atoms with Crippen LogP contribution < -0.4 is 10.6 Å². The summed E-state index contributed by atoms with van der Waals surface area (Å²) in [4.78, 5) is 10.0. The van der Waals surface area contributed by atoms with Crippen molar-refractivity contribution in [3.8, 4) is 0 Å². The molecular weight excluding hydrogens is 238 g/mol. The molecule has 0 amide bonds. The van der Waals surface area contributed by atoms with Crippen molar-refractivity contribution in [3.63, 3.8) is 0 Å². The van der Waals surface area contributed by atoms with Gasteiger partial charge >= 0.3 is 0 Å². The monoisotopic (exact) mass is 245 g/mol. The van der Waals surface area contributed by atoms with Crippen LogP contribution in [0.15, 0.2) is 18.2 Å². The first-order valence-electron chi connectivity index (χ1n) is 3.97. The van der Waals surface area contributed by atoms with E-state index >= 15 is 0 Å². The molecule has 0 aliphatic carbocycles. The molecule has 80 valence electrons. The average molecular weight is 246 g/mol. The highest BCUT2D eigenvalue weighted by atomic mass is 35.5. The lowest BCUT2D eigenvalue weighted by Gasteiger charge is -2.08. The van der Waals surface area contributed by atoms with Crippen molar-refractivity contribution in [2.24, 2.45) is 0 Å². The van der Waals surface area contributed by atoms with E-state index in [2.05, 4.69) is 10.6 Å². The summed E-state index contributed by atoms with van der Waals surface area (Å²) in [6, 6.07) is 4.10. The fourth-order valence-electron chi connectivity index (χ4n) is 0.907. The molecule has 0 aromatic heterocycles. The molecule has 0 fully saturated rings. The molecule has 5 nitrogen and oxygen atoms in total. The minimum atomic E-state index is -0.496. The van der Waals surface area contributed by atoms with Gasteiger partial charge in [-0.15, -0.1) is 0 Å². The lowest BCUT2D eigenvalue weighted by Crippen LogP contribution is -2.24. The predicted octanol–water partition coefficient (Wildman–Crippen LogP) is 2.16. The van der Waals surface area contributed by atoms with Crippen LogP contribution >= 0.6 is 23.8 Å². The van der Waals surface area contributed by atoms with E-state index in [0.29, 0.717) is 15.8 Å². The van der Waals surface area contributed by atoms with Crippen molar-refractivity contribution < 1.29 is 4.92 Å². The van der Waals surface area contributed by atoms with Gasteiger partial charge in [-0.1, -0.05) is 11.6 Å². The lowest BCUT2D eigenvalue weighted by molar-refractivity contribution is -0.384. The zero-order valence-electron chi connectivity index (χ0n) is 7.78. The van der Waals surface area contributed by atoms with Crippen LogP contribution in [0.1, 0.15) is 0 Å². The first kappa shape index (κ1) is 11.7. The van der Waals surface area contributed by atoms with E-state index in [1.165, 1.54) is 18.2 Å². The molecule has 0 bridgehead atoms. The number of rotatable bonds is 2. The zero-order chi connectivity index (χ0) is 11.4. The normalized spacial score (nSPS) is 9.47. The van der Waals surface area contributed by atoms with Crippen LogP contribution in [-0.2, 0) is 0 Å². The summed E-state index contributed by atoms with van der Waals surface area (Å²) in [7, 11) is 1.64. The zero-order valence-corrected chi connectivity index (χ0v) is 9.35. The molecule has 0 radical (unpaired) electrons. The largest absolute Gasteiger partial charge is 0.366 e. The quantitative estimate of drug-likeness (QED) is 0.475. The summed E-state index contributed by atoms with van der Waals surface area (Å²) >= 11 is 10.7. The van der Waals surface area contributed by atoms with Crippen molar-refractivity contribution in [1.82, 2.24) is 5.32 Å². The average Bonchev–Trinajstić information content (AvgIpc) is 2.20. The smallest absolute Gasteiger partial charge is 0.271 e. The molecule has 0 heterocycles. The number of benzene rings is 1. The molecule has 2 N–H and O–H groups in total. The first-order chi connectivity index (χ1) is 7.04. The van der Waals surface area contributed by atoms with E-state index in [4.69, 9.17) is 23.8 Å². The third kappa shape index (κ3) is 3.03. The van der Waals surface area contributed by atoms with Gasteiger partial charge in [0.25, 0.3) is 5.69 Å². The van der Waals surface area contributed by atoms with E-state index in [0.717, 1.165) is 0 Å². The van der Waals surface area contributed by atoms with E-state index in [1.807, 2.05) is 0 Å². The predicted molar refractivity (Wildman–Crippen MR) is 63.4 cm³/mol. The Morgan fingerprint density at radius 1 is 1.60 bits per heavy atom. The summed E-state index contributed by atoms with van der Waals surface area (Å²) in [6.45, 7) is 0. The van der Waals surface area contributed by atoms with Crippen LogP contribution in [0, 0.1) is 10.1 Å². The Kier molecular flexibility index (Phi) is 3.81. The minimum absolute atomic E-state index is 0.0409. The summed E-state index contributed by atoms with van der Waals surface area (Å²) in [5, 5.41) is 16.6. The third-order valence-electron chi connectivity index (χ3n) is 1.64. The number of hydrogen-bond acceptors (Lipinski definition) is 3. The van der Waals surface area contributed by atoms with Crippen LogP contribution in [0.3, 0.4) is 0 Å². The number of halogens is 1. The maximum absolute atomic E-state index is 10.5. The second-order valence-electron chi connectivity index (χ2n) is 2.63. The standard InChI is InChI=1S/C8H8ClN3O2S/c1-10-8(15)11-7-4-5(12(13)14)2-3-6(7)9/h2-4H,1H3,(H2,10,11,15). The molecule has 0 unspecified atom stereocenters. The van der Waals surface area contributed by atoms with Gasteiger partial charge in [-0.25, -0.2) is 0 Å². The van der Waals surface area contributed by atoms with E-state index in [1.54, 1.807) is 7.05 Å². The number of non-ortho nitro benzene ring substituents is 1. The van der Waals surface area contributed by atoms with Gasteiger partial charge in [-0.2, -0.15) is 0 Å².